The summed E-state index contributed by atoms with van der Waals surface area (Å²) in [5.74, 6) is -0.512. The number of carboxylic acid groups (broad SMARTS) is 1. The lowest BCUT2D eigenvalue weighted by Crippen LogP contribution is -2.45. The Kier molecular flexibility index (Phi) is 6.08. The normalized spacial score (nSPS) is 25.6. The molecule has 2 amide bonds. The number of carbonyl (C=O) groups is 2. The Bertz CT molecular complexity index is 322. The molecule has 4 atom stereocenters. The zero-order valence-corrected chi connectivity index (χ0v) is 11.8. The second kappa shape index (κ2) is 7.33. The number of carbonyl (C=O) groups excluding carboxylic acids is 1. The molecule has 0 aromatic rings. The third-order valence-corrected chi connectivity index (χ3v) is 3.73. The van der Waals surface area contributed by atoms with Crippen molar-refractivity contribution in [2.75, 3.05) is 6.54 Å². The van der Waals surface area contributed by atoms with E-state index in [9.17, 15) is 9.59 Å². The molecule has 6 nitrogen and oxygen atoms in total. The molecule has 1 saturated heterocycles. The number of hydrogen-bond acceptors (Lipinski definition) is 3. The minimum Gasteiger partial charge on any atom is -0.479 e. The van der Waals surface area contributed by atoms with Crippen molar-refractivity contribution in [3.63, 3.8) is 0 Å². The van der Waals surface area contributed by atoms with E-state index in [1.54, 1.807) is 0 Å². The van der Waals surface area contributed by atoms with Gasteiger partial charge in [-0.1, -0.05) is 20.3 Å². The molecule has 0 spiro atoms. The van der Waals surface area contributed by atoms with Crippen molar-refractivity contribution >= 4 is 12.0 Å². The van der Waals surface area contributed by atoms with Crippen LogP contribution in [0.5, 0.6) is 0 Å². The summed E-state index contributed by atoms with van der Waals surface area (Å²) in [5.41, 5.74) is 0. The van der Waals surface area contributed by atoms with Crippen LogP contribution < -0.4 is 10.6 Å². The van der Waals surface area contributed by atoms with Gasteiger partial charge >= 0.3 is 12.0 Å². The third kappa shape index (κ3) is 5.06. The van der Waals surface area contributed by atoms with Crippen LogP contribution in [0.1, 0.15) is 40.0 Å². The standard InChI is InChI=1S/C13H24N2O4/c1-4-8(2)9(3)15-13(18)14-7-10-5-6-11(19-10)12(16)17/h8-11H,4-7H2,1-3H3,(H,16,17)(H2,14,15,18). The van der Waals surface area contributed by atoms with Crippen LogP contribution in [0.15, 0.2) is 0 Å². The SMILES string of the molecule is CCC(C)C(C)NC(=O)NCC1CCC(C(=O)O)O1. The smallest absolute Gasteiger partial charge is 0.332 e. The average molecular weight is 272 g/mol. The Morgan fingerprint density at radius 3 is 2.58 bits per heavy atom. The fourth-order valence-electron chi connectivity index (χ4n) is 2.00. The van der Waals surface area contributed by atoms with E-state index < -0.39 is 12.1 Å². The molecule has 1 rings (SSSR count). The molecule has 110 valence electrons. The Morgan fingerprint density at radius 1 is 1.37 bits per heavy atom. The molecule has 1 heterocycles. The van der Waals surface area contributed by atoms with Crippen molar-refractivity contribution in [1.29, 1.82) is 0 Å². The molecule has 6 heteroatoms. The summed E-state index contributed by atoms with van der Waals surface area (Å²) in [6.45, 7) is 6.49. The molecule has 1 fully saturated rings. The second-order valence-corrected chi connectivity index (χ2v) is 5.19. The van der Waals surface area contributed by atoms with E-state index in [1.165, 1.54) is 0 Å². The molecule has 1 aliphatic rings. The van der Waals surface area contributed by atoms with Crippen LogP contribution in [0, 0.1) is 5.92 Å². The maximum Gasteiger partial charge on any atom is 0.332 e. The topological polar surface area (TPSA) is 87.7 Å². The number of carboxylic acids is 1. The second-order valence-electron chi connectivity index (χ2n) is 5.19. The van der Waals surface area contributed by atoms with Gasteiger partial charge in [0.1, 0.15) is 0 Å². The molecule has 0 radical (unpaired) electrons. The van der Waals surface area contributed by atoms with E-state index in [1.807, 2.05) is 6.92 Å². The van der Waals surface area contributed by atoms with Crippen molar-refractivity contribution in [2.45, 2.75) is 58.3 Å². The number of urea groups is 1. The molecule has 19 heavy (non-hydrogen) atoms. The van der Waals surface area contributed by atoms with E-state index in [4.69, 9.17) is 9.84 Å². The summed E-state index contributed by atoms with van der Waals surface area (Å²) >= 11 is 0. The van der Waals surface area contributed by atoms with Crippen molar-refractivity contribution in [2.24, 2.45) is 5.92 Å². The molecule has 1 aliphatic heterocycles. The molecular weight excluding hydrogens is 248 g/mol. The highest BCUT2D eigenvalue weighted by atomic mass is 16.5. The van der Waals surface area contributed by atoms with Gasteiger partial charge in [-0.3, -0.25) is 0 Å². The Labute approximate surface area is 113 Å². The van der Waals surface area contributed by atoms with E-state index in [2.05, 4.69) is 24.5 Å². The fraction of sp³-hybridized carbons (Fsp3) is 0.846. The zero-order chi connectivity index (χ0) is 14.4. The zero-order valence-electron chi connectivity index (χ0n) is 11.8. The predicted molar refractivity (Wildman–Crippen MR) is 71.0 cm³/mol. The van der Waals surface area contributed by atoms with Crippen molar-refractivity contribution < 1.29 is 19.4 Å². The highest BCUT2D eigenvalue weighted by Crippen LogP contribution is 2.19. The average Bonchev–Trinajstić information content (AvgIpc) is 2.84. The molecule has 4 unspecified atom stereocenters. The molecule has 0 aromatic heterocycles. The van der Waals surface area contributed by atoms with E-state index in [0.29, 0.717) is 25.3 Å². The first-order valence-electron chi connectivity index (χ1n) is 6.86. The van der Waals surface area contributed by atoms with Gasteiger partial charge in [0.15, 0.2) is 6.10 Å². The van der Waals surface area contributed by atoms with E-state index in [-0.39, 0.29) is 18.2 Å². The third-order valence-electron chi connectivity index (χ3n) is 3.73. The van der Waals surface area contributed by atoms with Gasteiger partial charge < -0.3 is 20.5 Å². The summed E-state index contributed by atoms with van der Waals surface area (Å²) < 4.78 is 5.30. The number of hydrogen-bond donors (Lipinski definition) is 3. The predicted octanol–water partition coefficient (Wildman–Crippen LogP) is 1.35. The molecule has 0 bridgehead atoms. The largest absolute Gasteiger partial charge is 0.479 e. The fourth-order valence-corrected chi connectivity index (χ4v) is 2.00. The highest BCUT2D eigenvalue weighted by molar-refractivity contribution is 5.74. The van der Waals surface area contributed by atoms with Crippen molar-refractivity contribution in [3.05, 3.63) is 0 Å². The van der Waals surface area contributed by atoms with Crippen molar-refractivity contribution in [3.8, 4) is 0 Å². The summed E-state index contributed by atoms with van der Waals surface area (Å²) in [5, 5.41) is 14.4. The Hall–Kier alpha value is -1.30. The molecule has 0 aliphatic carbocycles. The number of ether oxygens (including phenoxy) is 1. The molecule has 0 saturated carbocycles. The number of aliphatic carboxylic acids is 1. The summed E-state index contributed by atoms with van der Waals surface area (Å²) in [6, 6.07) is -0.114. The van der Waals surface area contributed by atoms with Crippen LogP contribution in [0.2, 0.25) is 0 Å². The van der Waals surface area contributed by atoms with E-state index >= 15 is 0 Å². The summed E-state index contributed by atoms with van der Waals surface area (Å²) in [7, 11) is 0. The van der Waals surface area contributed by atoms with Gasteiger partial charge in [-0.15, -0.1) is 0 Å². The lowest BCUT2D eigenvalue weighted by atomic mass is 10.0. The molecular formula is C13H24N2O4. The van der Waals surface area contributed by atoms with Gasteiger partial charge in [0.25, 0.3) is 0 Å². The van der Waals surface area contributed by atoms with Crippen LogP contribution in [-0.2, 0) is 9.53 Å². The number of rotatable bonds is 6. The van der Waals surface area contributed by atoms with Gasteiger partial charge in [0.05, 0.1) is 6.10 Å². The van der Waals surface area contributed by atoms with Crippen LogP contribution in [0.4, 0.5) is 4.79 Å². The highest BCUT2D eigenvalue weighted by Gasteiger charge is 2.30. The molecule has 0 aromatic carbocycles. The quantitative estimate of drug-likeness (QED) is 0.681. The first-order chi connectivity index (χ1) is 8.93. The summed E-state index contributed by atoms with van der Waals surface area (Å²) in [6.07, 6.45) is 1.25. The van der Waals surface area contributed by atoms with Gasteiger partial charge in [0.2, 0.25) is 0 Å². The van der Waals surface area contributed by atoms with Crippen molar-refractivity contribution in [1.82, 2.24) is 10.6 Å². The first kappa shape index (κ1) is 15.8. The van der Waals surface area contributed by atoms with Gasteiger partial charge in [-0.2, -0.15) is 0 Å². The van der Waals surface area contributed by atoms with Gasteiger partial charge in [-0.05, 0) is 25.7 Å². The van der Waals surface area contributed by atoms with E-state index in [0.717, 1.165) is 6.42 Å². The van der Waals surface area contributed by atoms with Crippen LogP contribution in [0.3, 0.4) is 0 Å². The lowest BCUT2D eigenvalue weighted by Gasteiger charge is -2.20. The van der Waals surface area contributed by atoms with Crippen LogP contribution >= 0.6 is 0 Å². The van der Waals surface area contributed by atoms with Gasteiger partial charge in [-0.25, -0.2) is 9.59 Å². The Balaban J connectivity index is 2.22. The number of amides is 2. The van der Waals surface area contributed by atoms with Crippen LogP contribution in [-0.4, -0.2) is 41.9 Å². The minimum atomic E-state index is -0.933. The van der Waals surface area contributed by atoms with Crippen LogP contribution in [0.25, 0.3) is 0 Å². The Morgan fingerprint density at radius 2 is 2.05 bits per heavy atom. The first-order valence-corrected chi connectivity index (χ1v) is 6.86. The minimum absolute atomic E-state index is 0.112. The number of nitrogens with one attached hydrogen (secondary N) is 2. The van der Waals surface area contributed by atoms with Gasteiger partial charge in [0, 0.05) is 12.6 Å². The molecule has 3 N–H and O–H groups in total. The lowest BCUT2D eigenvalue weighted by molar-refractivity contribution is -0.149. The maximum atomic E-state index is 11.7. The monoisotopic (exact) mass is 272 g/mol. The summed E-state index contributed by atoms with van der Waals surface area (Å²) in [4.78, 5) is 22.4. The maximum absolute atomic E-state index is 11.7.